The number of likely N-dealkylation sites (tertiary alicyclic amines) is 1. The molecule has 0 radical (unpaired) electrons. The normalized spacial score (nSPS) is 16.9. The molecule has 0 spiro atoms. The molecule has 1 fully saturated rings. The maximum atomic E-state index is 14.1. The first-order valence-electron chi connectivity index (χ1n) is 8.92. The number of hydrogen-bond donors (Lipinski definition) is 0. The minimum absolute atomic E-state index is 0.111. The van der Waals surface area contributed by atoms with Gasteiger partial charge in [0.2, 0.25) is 5.91 Å². The molecule has 1 unspecified atom stereocenters. The molecule has 2 rings (SSSR count). The zero-order valence-electron chi connectivity index (χ0n) is 16.0. The summed E-state index contributed by atoms with van der Waals surface area (Å²) in [6, 6.07) is 4.66. The van der Waals surface area contributed by atoms with Crippen molar-refractivity contribution in [3.63, 3.8) is 0 Å². The second-order valence-electron chi connectivity index (χ2n) is 7.66. The van der Waals surface area contributed by atoms with E-state index in [1.807, 2.05) is 20.8 Å². The van der Waals surface area contributed by atoms with E-state index in [9.17, 15) is 14.0 Å². The highest BCUT2D eigenvalue weighted by atomic mass is 79.9. The molecule has 1 atom stereocenters. The fraction of sp³-hybridized carbons (Fsp3) is 0.500. The van der Waals surface area contributed by atoms with Crippen LogP contribution in [-0.4, -0.2) is 47.0 Å². The zero-order valence-corrected chi connectivity index (χ0v) is 17.6. The zero-order chi connectivity index (χ0) is 20.2. The van der Waals surface area contributed by atoms with Crippen LogP contribution in [0.15, 0.2) is 35.3 Å². The van der Waals surface area contributed by atoms with Crippen LogP contribution in [0.25, 0.3) is 0 Å². The number of benzene rings is 1. The van der Waals surface area contributed by atoms with Crippen molar-refractivity contribution in [1.82, 2.24) is 9.80 Å². The van der Waals surface area contributed by atoms with Crippen molar-refractivity contribution >= 4 is 27.9 Å². The smallest absolute Gasteiger partial charge is 0.410 e. The maximum absolute atomic E-state index is 14.1. The van der Waals surface area contributed by atoms with Crippen LogP contribution in [-0.2, 0) is 16.1 Å². The second kappa shape index (κ2) is 8.87. The van der Waals surface area contributed by atoms with E-state index in [0.717, 1.165) is 4.47 Å². The molecule has 0 aliphatic carbocycles. The van der Waals surface area contributed by atoms with Gasteiger partial charge in [-0.25, -0.2) is 9.18 Å². The quantitative estimate of drug-likeness (QED) is 0.639. The summed E-state index contributed by atoms with van der Waals surface area (Å²) in [4.78, 5) is 28.3. The van der Waals surface area contributed by atoms with Gasteiger partial charge < -0.3 is 14.5 Å². The molecule has 0 bridgehead atoms. The number of halogens is 2. The summed E-state index contributed by atoms with van der Waals surface area (Å²) < 4.78 is 20.2. The first kappa shape index (κ1) is 21.4. The molecule has 0 saturated carbocycles. The topological polar surface area (TPSA) is 49.9 Å². The van der Waals surface area contributed by atoms with Crippen LogP contribution in [0.4, 0.5) is 9.18 Å². The standard InChI is InChI=1S/C20H26BrFN2O3/c1-5-9-23(13-15-11-16(21)6-7-17(15)22)18(25)14-8-10-24(12-14)19(26)27-20(2,3)4/h5-7,11,14H,1,8-10,12-13H2,2-4H3. The Balaban J connectivity index is 2.05. The lowest BCUT2D eigenvalue weighted by molar-refractivity contribution is -0.135. The van der Waals surface area contributed by atoms with Crippen molar-refractivity contribution in [3.8, 4) is 0 Å². The van der Waals surface area contributed by atoms with Gasteiger partial charge in [0.05, 0.1) is 5.92 Å². The van der Waals surface area contributed by atoms with Crippen LogP contribution in [0.2, 0.25) is 0 Å². The lowest BCUT2D eigenvalue weighted by Crippen LogP contribution is -2.39. The van der Waals surface area contributed by atoms with E-state index in [1.54, 1.807) is 28.0 Å². The number of carbonyl (C=O) groups excluding carboxylic acids is 2. The molecule has 2 amide bonds. The summed E-state index contributed by atoms with van der Waals surface area (Å²) >= 11 is 3.33. The van der Waals surface area contributed by atoms with E-state index >= 15 is 0 Å². The molecule has 7 heteroatoms. The fourth-order valence-corrected chi connectivity index (χ4v) is 3.38. The van der Waals surface area contributed by atoms with Gasteiger partial charge in [-0.15, -0.1) is 6.58 Å². The molecule has 148 valence electrons. The number of rotatable bonds is 5. The summed E-state index contributed by atoms with van der Waals surface area (Å²) in [6.07, 6.45) is 1.77. The van der Waals surface area contributed by atoms with E-state index in [2.05, 4.69) is 22.5 Å². The predicted molar refractivity (Wildman–Crippen MR) is 106 cm³/mol. The van der Waals surface area contributed by atoms with E-state index < -0.39 is 11.7 Å². The molecular formula is C20H26BrFN2O3. The molecule has 1 aliphatic rings. The van der Waals surface area contributed by atoms with Gasteiger partial charge in [0.15, 0.2) is 0 Å². The predicted octanol–water partition coefficient (Wildman–Crippen LogP) is 4.36. The highest BCUT2D eigenvalue weighted by Crippen LogP contribution is 2.23. The lowest BCUT2D eigenvalue weighted by atomic mass is 10.1. The SMILES string of the molecule is C=CCN(Cc1cc(Br)ccc1F)C(=O)C1CCN(C(=O)OC(C)(C)C)C1. The van der Waals surface area contributed by atoms with Gasteiger partial charge in [-0.2, -0.15) is 0 Å². The molecule has 1 aliphatic heterocycles. The molecule has 1 aromatic carbocycles. The third-order valence-electron chi connectivity index (χ3n) is 4.22. The Kier molecular flexibility index (Phi) is 7.03. The highest BCUT2D eigenvalue weighted by Gasteiger charge is 2.35. The van der Waals surface area contributed by atoms with Crippen LogP contribution in [0.3, 0.4) is 0 Å². The Hall–Kier alpha value is -1.89. The minimum atomic E-state index is -0.577. The maximum Gasteiger partial charge on any atom is 0.410 e. The van der Waals surface area contributed by atoms with Crippen molar-refractivity contribution in [3.05, 3.63) is 46.7 Å². The van der Waals surface area contributed by atoms with Gasteiger partial charge in [0.25, 0.3) is 0 Å². The Morgan fingerprint density at radius 3 is 2.78 bits per heavy atom. The van der Waals surface area contributed by atoms with Crippen molar-refractivity contribution in [1.29, 1.82) is 0 Å². The Bertz CT molecular complexity index is 718. The summed E-state index contributed by atoms with van der Waals surface area (Å²) in [5.41, 5.74) is -0.145. The Morgan fingerprint density at radius 1 is 1.44 bits per heavy atom. The van der Waals surface area contributed by atoms with Crippen molar-refractivity contribution in [2.24, 2.45) is 5.92 Å². The largest absolute Gasteiger partial charge is 0.444 e. The Morgan fingerprint density at radius 2 is 2.15 bits per heavy atom. The third-order valence-corrected chi connectivity index (χ3v) is 4.71. The average Bonchev–Trinajstić information content (AvgIpc) is 3.05. The van der Waals surface area contributed by atoms with Crippen LogP contribution in [0.5, 0.6) is 0 Å². The molecule has 1 saturated heterocycles. The van der Waals surface area contributed by atoms with Crippen molar-refractivity contribution in [2.45, 2.75) is 39.3 Å². The lowest BCUT2D eigenvalue weighted by Gasteiger charge is -2.26. The van der Waals surface area contributed by atoms with Gasteiger partial charge in [-0.1, -0.05) is 22.0 Å². The summed E-state index contributed by atoms with van der Waals surface area (Å²) in [7, 11) is 0. The van der Waals surface area contributed by atoms with Crippen molar-refractivity contribution < 1.29 is 18.7 Å². The first-order chi connectivity index (χ1) is 12.6. The molecule has 27 heavy (non-hydrogen) atoms. The van der Waals surface area contributed by atoms with Gasteiger partial charge in [0, 0.05) is 36.2 Å². The number of ether oxygens (including phenoxy) is 1. The monoisotopic (exact) mass is 440 g/mol. The first-order valence-corrected chi connectivity index (χ1v) is 9.71. The van der Waals surface area contributed by atoms with Gasteiger partial charge in [0.1, 0.15) is 11.4 Å². The van der Waals surface area contributed by atoms with Crippen LogP contribution in [0.1, 0.15) is 32.8 Å². The van der Waals surface area contributed by atoms with Crippen LogP contribution in [0, 0.1) is 11.7 Å². The van der Waals surface area contributed by atoms with E-state index in [-0.39, 0.29) is 24.2 Å². The second-order valence-corrected chi connectivity index (χ2v) is 8.57. The van der Waals surface area contributed by atoms with Gasteiger partial charge in [-0.3, -0.25) is 4.79 Å². The number of carbonyl (C=O) groups is 2. The number of hydrogen-bond acceptors (Lipinski definition) is 3. The van der Waals surface area contributed by atoms with E-state index in [0.29, 0.717) is 31.6 Å². The molecule has 0 aromatic heterocycles. The van der Waals surface area contributed by atoms with Gasteiger partial charge in [-0.05, 0) is 45.4 Å². The highest BCUT2D eigenvalue weighted by molar-refractivity contribution is 9.10. The average molecular weight is 441 g/mol. The molecule has 1 heterocycles. The molecule has 1 aromatic rings. The fourth-order valence-electron chi connectivity index (χ4n) is 2.97. The summed E-state index contributed by atoms with van der Waals surface area (Å²) in [6.45, 7) is 10.4. The molecular weight excluding hydrogens is 415 g/mol. The van der Waals surface area contributed by atoms with E-state index in [4.69, 9.17) is 4.74 Å². The third kappa shape index (κ3) is 6.06. The summed E-state index contributed by atoms with van der Waals surface area (Å²) in [5, 5.41) is 0. The number of amides is 2. The Labute approximate surface area is 168 Å². The molecule has 5 nitrogen and oxygen atoms in total. The van der Waals surface area contributed by atoms with Crippen LogP contribution < -0.4 is 0 Å². The number of nitrogens with zero attached hydrogens (tertiary/aromatic N) is 2. The minimum Gasteiger partial charge on any atom is -0.444 e. The van der Waals surface area contributed by atoms with Gasteiger partial charge >= 0.3 is 6.09 Å². The van der Waals surface area contributed by atoms with Crippen LogP contribution >= 0.6 is 15.9 Å². The molecule has 0 N–H and O–H groups in total. The van der Waals surface area contributed by atoms with E-state index in [1.165, 1.54) is 6.07 Å². The van der Waals surface area contributed by atoms with Crippen molar-refractivity contribution in [2.75, 3.05) is 19.6 Å². The summed E-state index contributed by atoms with van der Waals surface area (Å²) in [5.74, 6) is -0.796.